The van der Waals surface area contributed by atoms with Gasteiger partial charge in [-0.3, -0.25) is 4.79 Å². The first kappa shape index (κ1) is 14.3. The molecule has 1 amide bonds. The zero-order chi connectivity index (χ0) is 14.5. The van der Waals surface area contributed by atoms with Gasteiger partial charge in [-0.05, 0) is 41.5 Å². The van der Waals surface area contributed by atoms with E-state index in [4.69, 9.17) is 11.6 Å². The molecule has 0 aliphatic carbocycles. The summed E-state index contributed by atoms with van der Waals surface area (Å²) < 4.78 is 13.0. The summed E-state index contributed by atoms with van der Waals surface area (Å²) in [4.78, 5) is 12.0. The largest absolute Gasteiger partial charge is 0.355 e. The molecule has 20 heavy (non-hydrogen) atoms. The molecule has 0 spiro atoms. The molecule has 0 saturated carbocycles. The van der Waals surface area contributed by atoms with Crippen LogP contribution in [0.3, 0.4) is 0 Å². The fourth-order valence-corrected chi connectivity index (χ4v) is 1.90. The van der Waals surface area contributed by atoms with Crippen LogP contribution in [0.15, 0.2) is 48.5 Å². The number of carbonyl (C=O) groups is 1. The van der Waals surface area contributed by atoms with Crippen molar-refractivity contribution in [1.82, 2.24) is 5.32 Å². The normalized spacial score (nSPS) is 11.2. The number of likely N-dealkylation sites (N-methyl/N-ethyl adjacent to an activating group) is 1. The maximum atomic E-state index is 13.0. The van der Waals surface area contributed by atoms with Crippen molar-refractivity contribution in [2.24, 2.45) is 0 Å². The quantitative estimate of drug-likeness (QED) is 0.676. The summed E-state index contributed by atoms with van der Waals surface area (Å²) >= 11 is 5.83. The highest BCUT2D eigenvalue weighted by Gasteiger charge is 2.10. The number of halogens is 2. The van der Waals surface area contributed by atoms with E-state index in [0.717, 1.165) is 5.56 Å². The molecular formula is C16H13ClFNO. The SMILES string of the molecule is CNC(=O)/C(=C/c1ccc(Cl)cc1)c1ccc(F)cc1. The van der Waals surface area contributed by atoms with E-state index in [1.807, 2.05) is 12.1 Å². The third-order valence-electron chi connectivity index (χ3n) is 2.81. The van der Waals surface area contributed by atoms with Crippen LogP contribution in [-0.2, 0) is 4.79 Å². The Morgan fingerprint density at radius 1 is 1.10 bits per heavy atom. The molecule has 1 N–H and O–H groups in total. The van der Waals surface area contributed by atoms with Crippen LogP contribution in [0.2, 0.25) is 5.02 Å². The fourth-order valence-electron chi connectivity index (χ4n) is 1.77. The highest BCUT2D eigenvalue weighted by Crippen LogP contribution is 2.20. The Balaban J connectivity index is 2.44. The Labute approximate surface area is 121 Å². The lowest BCUT2D eigenvalue weighted by atomic mass is 10.0. The maximum Gasteiger partial charge on any atom is 0.251 e. The van der Waals surface area contributed by atoms with Gasteiger partial charge in [0.1, 0.15) is 5.82 Å². The molecule has 2 rings (SSSR count). The molecule has 2 aromatic carbocycles. The van der Waals surface area contributed by atoms with Crippen LogP contribution in [0, 0.1) is 5.82 Å². The number of rotatable bonds is 3. The number of hydrogen-bond donors (Lipinski definition) is 1. The Bertz CT molecular complexity index is 633. The van der Waals surface area contributed by atoms with Crippen molar-refractivity contribution in [2.45, 2.75) is 0 Å². The highest BCUT2D eigenvalue weighted by molar-refractivity contribution is 6.30. The second kappa shape index (κ2) is 6.35. The molecule has 102 valence electrons. The third-order valence-corrected chi connectivity index (χ3v) is 3.06. The first-order valence-electron chi connectivity index (χ1n) is 6.05. The monoisotopic (exact) mass is 289 g/mol. The lowest BCUT2D eigenvalue weighted by molar-refractivity contribution is -0.115. The molecule has 2 aromatic rings. The Kier molecular flexibility index (Phi) is 4.53. The lowest BCUT2D eigenvalue weighted by Crippen LogP contribution is -2.19. The Morgan fingerprint density at radius 2 is 1.70 bits per heavy atom. The topological polar surface area (TPSA) is 29.1 Å². The van der Waals surface area contributed by atoms with Crippen molar-refractivity contribution >= 4 is 29.2 Å². The Morgan fingerprint density at radius 3 is 2.25 bits per heavy atom. The molecule has 0 aliphatic rings. The summed E-state index contributed by atoms with van der Waals surface area (Å²) in [6.45, 7) is 0. The van der Waals surface area contributed by atoms with Crippen molar-refractivity contribution < 1.29 is 9.18 Å². The first-order valence-corrected chi connectivity index (χ1v) is 6.43. The average Bonchev–Trinajstić information content (AvgIpc) is 2.47. The van der Waals surface area contributed by atoms with Gasteiger partial charge in [-0.1, -0.05) is 35.9 Å². The van der Waals surface area contributed by atoms with Gasteiger partial charge in [-0.25, -0.2) is 4.39 Å². The van der Waals surface area contributed by atoms with E-state index in [2.05, 4.69) is 5.32 Å². The number of nitrogens with one attached hydrogen (secondary N) is 1. The van der Waals surface area contributed by atoms with Gasteiger partial charge in [0.2, 0.25) is 0 Å². The third kappa shape index (κ3) is 3.45. The van der Waals surface area contributed by atoms with Crippen LogP contribution in [-0.4, -0.2) is 13.0 Å². The predicted octanol–water partition coefficient (Wildman–Crippen LogP) is 3.77. The van der Waals surface area contributed by atoms with Crippen molar-refractivity contribution in [3.05, 3.63) is 70.5 Å². The number of carbonyl (C=O) groups excluding carboxylic acids is 1. The van der Waals surface area contributed by atoms with Crippen LogP contribution >= 0.6 is 11.6 Å². The molecule has 0 saturated heterocycles. The van der Waals surface area contributed by atoms with Gasteiger partial charge in [0, 0.05) is 17.6 Å². The van der Waals surface area contributed by atoms with Crippen molar-refractivity contribution in [3.63, 3.8) is 0 Å². The van der Waals surface area contributed by atoms with E-state index in [0.29, 0.717) is 16.2 Å². The maximum absolute atomic E-state index is 13.0. The minimum atomic E-state index is -0.337. The molecule has 4 heteroatoms. The van der Waals surface area contributed by atoms with E-state index < -0.39 is 0 Å². The van der Waals surface area contributed by atoms with Gasteiger partial charge in [0.05, 0.1) is 0 Å². The van der Waals surface area contributed by atoms with E-state index in [1.54, 1.807) is 37.4 Å². The molecule has 0 aliphatic heterocycles. The van der Waals surface area contributed by atoms with Gasteiger partial charge >= 0.3 is 0 Å². The molecule has 0 aromatic heterocycles. The standard InChI is InChI=1S/C16H13ClFNO/c1-19-16(20)15(12-4-8-14(18)9-5-12)10-11-2-6-13(17)7-3-11/h2-10H,1H3,(H,19,20)/b15-10+. The van der Waals surface area contributed by atoms with Gasteiger partial charge in [0.15, 0.2) is 0 Å². The van der Waals surface area contributed by atoms with Crippen molar-refractivity contribution in [2.75, 3.05) is 7.05 Å². The van der Waals surface area contributed by atoms with Crippen LogP contribution < -0.4 is 5.32 Å². The fraction of sp³-hybridized carbons (Fsp3) is 0.0625. The van der Waals surface area contributed by atoms with Gasteiger partial charge < -0.3 is 5.32 Å². The van der Waals surface area contributed by atoms with E-state index >= 15 is 0 Å². The van der Waals surface area contributed by atoms with Crippen LogP contribution in [0.25, 0.3) is 11.6 Å². The van der Waals surface area contributed by atoms with Gasteiger partial charge in [-0.15, -0.1) is 0 Å². The molecule has 0 radical (unpaired) electrons. The van der Waals surface area contributed by atoms with Crippen LogP contribution in [0.5, 0.6) is 0 Å². The van der Waals surface area contributed by atoms with Gasteiger partial charge in [-0.2, -0.15) is 0 Å². The second-order valence-corrected chi connectivity index (χ2v) is 4.63. The molecule has 0 bridgehead atoms. The van der Waals surface area contributed by atoms with Crippen LogP contribution in [0.1, 0.15) is 11.1 Å². The number of hydrogen-bond acceptors (Lipinski definition) is 1. The molecule has 0 atom stereocenters. The number of amides is 1. The van der Waals surface area contributed by atoms with E-state index in [9.17, 15) is 9.18 Å². The zero-order valence-electron chi connectivity index (χ0n) is 10.9. The van der Waals surface area contributed by atoms with Crippen molar-refractivity contribution in [3.8, 4) is 0 Å². The Hall–Kier alpha value is -2.13. The summed E-state index contributed by atoms with van der Waals surface area (Å²) in [6, 6.07) is 12.9. The average molecular weight is 290 g/mol. The zero-order valence-corrected chi connectivity index (χ0v) is 11.6. The lowest BCUT2D eigenvalue weighted by Gasteiger charge is -2.07. The predicted molar refractivity (Wildman–Crippen MR) is 79.8 cm³/mol. The summed E-state index contributed by atoms with van der Waals surface area (Å²) in [5.74, 6) is -0.567. The highest BCUT2D eigenvalue weighted by atomic mass is 35.5. The number of benzene rings is 2. The minimum absolute atomic E-state index is 0.230. The van der Waals surface area contributed by atoms with Gasteiger partial charge in [0.25, 0.3) is 5.91 Å². The van der Waals surface area contributed by atoms with Crippen molar-refractivity contribution in [1.29, 1.82) is 0 Å². The molecule has 0 fully saturated rings. The second-order valence-electron chi connectivity index (χ2n) is 4.20. The molecular weight excluding hydrogens is 277 g/mol. The molecule has 0 unspecified atom stereocenters. The smallest absolute Gasteiger partial charge is 0.251 e. The minimum Gasteiger partial charge on any atom is -0.355 e. The van der Waals surface area contributed by atoms with E-state index in [-0.39, 0.29) is 11.7 Å². The molecule has 2 nitrogen and oxygen atoms in total. The summed E-state index contributed by atoms with van der Waals surface area (Å²) in [5.41, 5.74) is 1.97. The first-order chi connectivity index (χ1) is 9.60. The summed E-state index contributed by atoms with van der Waals surface area (Å²) in [7, 11) is 1.56. The summed E-state index contributed by atoms with van der Waals surface area (Å²) in [5, 5.41) is 3.21. The van der Waals surface area contributed by atoms with Crippen LogP contribution in [0.4, 0.5) is 4.39 Å². The summed E-state index contributed by atoms with van der Waals surface area (Å²) in [6.07, 6.45) is 1.74. The van der Waals surface area contributed by atoms with E-state index in [1.165, 1.54) is 12.1 Å². The molecule has 0 heterocycles.